The Morgan fingerprint density at radius 3 is 2.71 bits per heavy atom. The van der Waals surface area contributed by atoms with E-state index in [9.17, 15) is 4.79 Å². The van der Waals surface area contributed by atoms with E-state index in [1.165, 1.54) is 36.6 Å². The van der Waals surface area contributed by atoms with Crippen molar-refractivity contribution in [2.45, 2.75) is 37.4 Å². The fourth-order valence-electron chi connectivity index (χ4n) is 4.58. The summed E-state index contributed by atoms with van der Waals surface area (Å²) in [6.45, 7) is 4.95. The molecule has 28 heavy (non-hydrogen) atoms. The molecule has 7 nitrogen and oxygen atoms in total. The fourth-order valence-corrected chi connectivity index (χ4v) is 5.29. The lowest BCUT2D eigenvalue weighted by molar-refractivity contribution is -0.133. The van der Waals surface area contributed by atoms with Crippen LogP contribution in [0.25, 0.3) is 0 Å². The Balaban J connectivity index is 1.34. The van der Waals surface area contributed by atoms with Crippen molar-refractivity contribution >= 4 is 23.6 Å². The van der Waals surface area contributed by atoms with Crippen LogP contribution in [0.15, 0.2) is 35.5 Å². The number of nitrogens with zero attached hydrogens (tertiary/aromatic N) is 4. The standard InChI is InChI=1S/C20H28N6OS/c21-18-22-19(24-23-18)28-13-17(27)26-11-5-9-20(15-26)8-4-10-25(14-20)12-16-6-2-1-3-7-16/h1-3,6-7H,4-5,8-15H2,(H3,21,22,23,24). The van der Waals surface area contributed by atoms with Gasteiger partial charge in [0, 0.05) is 31.6 Å². The molecule has 3 N–H and O–H groups in total. The molecule has 3 heterocycles. The number of hydrogen-bond donors (Lipinski definition) is 2. The summed E-state index contributed by atoms with van der Waals surface area (Å²) in [5, 5.41) is 7.13. The van der Waals surface area contributed by atoms with Gasteiger partial charge < -0.3 is 10.6 Å². The van der Waals surface area contributed by atoms with Crippen molar-refractivity contribution in [3.63, 3.8) is 0 Å². The third-order valence-corrected chi connectivity index (χ3v) is 6.64. The maximum Gasteiger partial charge on any atom is 0.233 e. The zero-order valence-electron chi connectivity index (χ0n) is 16.1. The molecule has 2 aromatic rings. The molecule has 0 radical (unpaired) electrons. The maximum atomic E-state index is 12.8. The van der Waals surface area contributed by atoms with Crippen molar-refractivity contribution < 1.29 is 4.79 Å². The van der Waals surface area contributed by atoms with Crippen molar-refractivity contribution in [2.24, 2.45) is 5.41 Å². The van der Waals surface area contributed by atoms with Crippen LogP contribution in [-0.4, -0.2) is 62.8 Å². The lowest BCUT2D eigenvalue weighted by atomic mass is 9.73. The average molecular weight is 401 g/mol. The lowest BCUT2D eigenvalue weighted by Crippen LogP contribution is -2.53. The molecule has 0 bridgehead atoms. The number of rotatable bonds is 5. The number of thioether (sulfide) groups is 1. The Morgan fingerprint density at radius 2 is 1.96 bits per heavy atom. The minimum atomic E-state index is 0.174. The summed E-state index contributed by atoms with van der Waals surface area (Å²) < 4.78 is 0. The minimum absolute atomic E-state index is 0.174. The molecular weight excluding hydrogens is 372 g/mol. The van der Waals surface area contributed by atoms with Crippen LogP contribution in [-0.2, 0) is 11.3 Å². The number of amides is 1. The van der Waals surface area contributed by atoms with E-state index in [0.717, 1.165) is 39.1 Å². The van der Waals surface area contributed by atoms with Crippen LogP contribution >= 0.6 is 11.8 Å². The zero-order chi connectivity index (χ0) is 19.4. The second-order valence-electron chi connectivity index (χ2n) is 8.01. The van der Waals surface area contributed by atoms with E-state index in [-0.39, 0.29) is 17.3 Å². The van der Waals surface area contributed by atoms with Crippen molar-refractivity contribution in [3.8, 4) is 0 Å². The summed E-state index contributed by atoms with van der Waals surface area (Å²) in [6.07, 6.45) is 4.72. The summed E-state index contributed by atoms with van der Waals surface area (Å²) in [6, 6.07) is 10.7. The van der Waals surface area contributed by atoms with Crippen LogP contribution in [0.5, 0.6) is 0 Å². The quantitative estimate of drug-likeness (QED) is 0.749. The van der Waals surface area contributed by atoms with Crippen LogP contribution in [0, 0.1) is 5.41 Å². The highest BCUT2D eigenvalue weighted by Gasteiger charge is 2.40. The number of aromatic nitrogens is 3. The first-order valence-electron chi connectivity index (χ1n) is 9.97. The fraction of sp³-hybridized carbons (Fsp3) is 0.550. The molecular formula is C20H28N6OS. The number of likely N-dealkylation sites (tertiary alicyclic amines) is 2. The molecule has 2 aliphatic rings. The maximum absolute atomic E-state index is 12.8. The lowest BCUT2D eigenvalue weighted by Gasteiger charge is -2.48. The van der Waals surface area contributed by atoms with E-state index in [1.54, 1.807) is 0 Å². The molecule has 0 aliphatic carbocycles. The van der Waals surface area contributed by atoms with Gasteiger partial charge in [0.25, 0.3) is 0 Å². The molecule has 1 unspecified atom stereocenters. The van der Waals surface area contributed by atoms with Gasteiger partial charge >= 0.3 is 0 Å². The van der Waals surface area contributed by atoms with Crippen LogP contribution in [0.1, 0.15) is 31.2 Å². The molecule has 150 valence electrons. The highest BCUT2D eigenvalue weighted by atomic mass is 32.2. The Labute approximate surface area is 170 Å². The van der Waals surface area contributed by atoms with E-state index >= 15 is 0 Å². The van der Waals surface area contributed by atoms with Crippen LogP contribution < -0.4 is 5.73 Å². The number of nitrogens with two attached hydrogens (primary N) is 1. The predicted molar refractivity (Wildman–Crippen MR) is 111 cm³/mol. The molecule has 2 aliphatic heterocycles. The van der Waals surface area contributed by atoms with Gasteiger partial charge in [-0.05, 0) is 37.8 Å². The number of piperidine rings is 2. The zero-order valence-corrected chi connectivity index (χ0v) is 17.0. The van der Waals surface area contributed by atoms with E-state index < -0.39 is 0 Å². The van der Waals surface area contributed by atoms with Crippen LogP contribution in [0.2, 0.25) is 0 Å². The molecule has 8 heteroatoms. The summed E-state index contributed by atoms with van der Waals surface area (Å²) >= 11 is 1.35. The molecule has 1 spiro atoms. The van der Waals surface area contributed by atoms with E-state index in [4.69, 9.17) is 5.73 Å². The van der Waals surface area contributed by atoms with Crippen molar-refractivity contribution in [1.29, 1.82) is 0 Å². The van der Waals surface area contributed by atoms with Crippen molar-refractivity contribution in [3.05, 3.63) is 35.9 Å². The van der Waals surface area contributed by atoms with Crippen molar-refractivity contribution in [2.75, 3.05) is 37.7 Å². The third-order valence-electron chi connectivity index (χ3n) is 5.81. The van der Waals surface area contributed by atoms with Crippen molar-refractivity contribution in [1.82, 2.24) is 25.0 Å². The summed E-state index contributed by atoms with van der Waals surface area (Å²) in [4.78, 5) is 21.5. The highest BCUT2D eigenvalue weighted by molar-refractivity contribution is 7.99. The first kappa shape index (κ1) is 19.3. The smallest absolute Gasteiger partial charge is 0.233 e. The van der Waals surface area contributed by atoms with Gasteiger partial charge in [-0.15, -0.1) is 5.10 Å². The van der Waals surface area contributed by atoms with E-state index in [0.29, 0.717) is 10.9 Å². The second-order valence-corrected chi connectivity index (χ2v) is 8.95. The van der Waals surface area contributed by atoms with E-state index in [2.05, 4.69) is 55.3 Å². The van der Waals surface area contributed by atoms with Gasteiger partial charge in [0.2, 0.25) is 17.0 Å². The number of benzene rings is 1. The van der Waals surface area contributed by atoms with Gasteiger partial charge in [0.1, 0.15) is 0 Å². The normalized spacial score (nSPS) is 23.2. The Morgan fingerprint density at radius 1 is 1.18 bits per heavy atom. The van der Waals surface area contributed by atoms with Crippen LogP contribution in [0.4, 0.5) is 5.95 Å². The first-order chi connectivity index (χ1) is 13.6. The molecule has 0 saturated carbocycles. The Bertz CT molecular complexity index is 793. The SMILES string of the molecule is Nc1nc(SCC(=O)N2CCCC3(CCCN(Cc4ccccc4)C3)C2)n[nH]1. The number of aromatic amines is 1. The molecule has 2 saturated heterocycles. The molecule has 4 rings (SSSR count). The summed E-state index contributed by atoms with van der Waals surface area (Å²) in [7, 11) is 0. The van der Waals surface area contributed by atoms with Gasteiger partial charge in [-0.2, -0.15) is 4.98 Å². The highest BCUT2D eigenvalue weighted by Crippen LogP contribution is 2.39. The largest absolute Gasteiger partial charge is 0.368 e. The average Bonchev–Trinajstić information content (AvgIpc) is 3.12. The number of hydrogen-bond acceptors (Lipinski definition) is 6. The van der Waals surface area contributed by atoms with Gasteiger partial charge in [0.05, 0.1) is 5.75 Å². The Kier molecular flexibility index (Phi) is 5.87. The topological polar surface area (TPSA) is 91.1 Å². The van der Waals surface area contributed by atoms with Gasteiger partial charge in [-0.1, -0.05) is 42.1 Å². The number of H-pyrrole nitrogens is 1. The number of nitrogen functional groups attached to an aromatic ring is 1. The minimum Gasteiger partial charge on any atom is -0.368 e. The number of anilines is 1. The van der Waals surface area contributed by atoms with Gasteiger partial charge in [-0.3, -0.25) is 9.69 Å². The number of carbonyl (C=O) groups is 1. The molecule has 1 atom stereocenters. The Hall–Kier alpha value is -2.06. The first-order valence-corrected chi connectivity index (χ1v) is 11.0. The molecule has 1 amide bonds. The third kappa shape index (κ3) is 4.67. The van der Waals surface area contributed by atoms with Gasteiger partial charge in [0.15, 0.2) is 0 Å². The second kappa shape index (κ2) is 8.53. The monoisotopic (exact) mass is 400 g/mol. The molecule has 2 fully saturated rings. The summed E-state index contributed by atoms with van der Waals surface area (Å²) in [5.41, 5.74) is 7.15. The number of carbonyl (C=O) groups excluding carboxylic acids is 1. The predicted octanol–water partition coefficient (Wildman–Crippen LogP) is 2.38. The molecule has 1 aromatic carbocycles. The molecule has 1 aromatic heterocycles. The van der Waals surface area contributed by atoms with E-state index in [1.807, 2.05) is 0 Å². The summed E-state index contributed by atoms with van der Waals surface area (Å²) in [5.74, 6) is 0.821. The van der Waals surface area contributed by atoms with Crippen LogP contribution in [0.3, 0.4) is 0 Å². The number of nitrogens with one attached hydrogen (secondary N) is 1. The van der Waals surface area contributed by atoms with Gasteiger partial charge in [-0.25, -0.2) is 5.10 Å².